The highest BCUT2D eigenvalue weighted by Gasteiger charge is 2.13. The minimum Gasteiger partial charge on any atom is -0.497 e. The number of benzene rings is 1. The Bertz CT molecular complexity index is 745. The van der Waals surface area contributed by atoms with Crippen LogP contribution in [0.5, 0.6) is 5.75 Å². The minimum atomic E-state index is -2.92. The van der Waals surface area contributed by atoms with Crippen molar-refractivity contribution in [1.82, 2.24) is 0 Å². The molecule has 1 aromatic rings. The van der Waals surface area contributed by atoms with Gasteiger partial charge in [0.1, 0.15) is 5.75 Å². The first kappa shape index (κ1) is 19.9. The zero-order valence-corrected chi connectivity index (χ0v) is 15.2. The summed E-state index contributed by atoms with van der Waals surface area (Å²) < 4.78 is 26.6. The molecule has 1 rings (SSSR count). The number of methoxy groups -OCH3 is 1. The van der Waals surface area contributed by atoms with Crippen molar-refractivity contribution < 1.29 is 23.3 Å². The number of amides is 1. The molecule has 0 saturated heterocycles. The molecule has 0 aliphatic rings. The fourth-order valence-electron chi connectivity index (χ4n) is 1.95. The van der Waals surface area contributed by atoms with Crippen molar-refractivity contribution >= 4 is 27.7 Å². The van der Waals surface area contributed by atoms with E-state index in [1.165, 1.54) is 32.4 Å². The lowest BCUT2D eigenvalue weighted by Gasteiger charge is -2.10. The topological polar surface area (TPSA) is 82.0 Å². The van der Waals surface area contributed by atoms with Crippen LogP contribution in [0.15, 0.2) is 33.5 Å². The molecule has 0 bridgehead atoms. The SMILES string of the molecule is CCCCOC(=O)/C=C/c1cc(OC)ccc1S(C)(=O)=NC(C)=O. The van der Waals surface area contributed by atoms with Crippen molar-refractivity contribution in [2.75, 3.05) is 20.0 Å². The average Bonchev–Trinajstić information content (AvgIpc) is 2.51. The molecule has 1 atom stereocenters. The van der Waals surface area contributed by atoms with Gasteiger partial charge < -0.3 is 9.47 Å². The average molecular weight is 353 g/mol. The van der Waals surface area contributed by atoms with E-state index in [1.807, 2.05) is 6.92 Å². The third kappa shape index (κ3) is 6.16. The van der Waals surface area contributed by atoms with Crippen molar-refractivity contribution in [1.29, 1.82) is 0 Å². The van der Waals surface area contributed by atoms with Crippen LogP contribution in [-0.2, 0) is 24.1 Å². The fraction of sp³-hybridized carbons (Fsp3) is 0.412. The van der Waals surface area contributed by atoms with E-state index in [2.05, 4.69) is 4.36 Å². The molecular weight excluding hydrogens is 330 g/mol. The van der Waals surface area contributed by atoms with Gasteiger partial charge in [0, 0.05) is 19.3 Å². The van der Waals surface area contributed by atoms with Crippen LogP contribution in [0, 0.1) is 0 Å². The van der Waals surface area contributed by atoms with Crippen molar-refractivity contribution in [3.63, 3.8) is 0 Å². The number of esters is 1. The quantitative estimate of drug-likeness (QED) is 0.427. The maximum absolute atomic E-state index is 12.7. The van der Waals surface area contributed by atoms with Gasteiger partial charge in [0.05, 0.1) is 28.3 Å². The number of hydrogen-bond donors (Lipinski definition) is 0. The molecule has 0 aromatic heterocycles. The van der Waals surface area contributed by atoms with Gasteiger partial charge >= 0.3 is 5.97 Å². The van der Waals surface area contributed by atoms with E-state index in [-0.39, 0.29) is 0 Å². The molecule has 7 heteroatoms. The molecule has 0 spiro atoms. The number of carbonyl (C=O) groups is 2. The fourth-order valence-corrected chi connectivity index (χ4v) is 3.42. The van der Waals surface area contributed by atoms with Crippen LogP contribution in [0.25, 0.3) is 6.08 Å². The highest BCUT2D eigenvalue weighted by atomic mass is 32.2. The highest BCUT2D eigenvalue weighted by Crippen LogP contribution is 2.24. The van der Waals surface area contributed by atoms with Gasteiger partial charge in [-0.1, -0.05) is 13.3 Å². The van der Waals surface area contributed by atoms with Crippen LogP contribution in [0.3, 0.4) is 0 Å². The van der Waals surface area contributed by atoms with Gasteiger partial charge in [-0.15, -0.1) is 0 Å². The van der Waals surface area contributed by atoms with Crippen LogP contribution in [0.1, 0.15) is 32.3 Å². The molecular formula is C17H23NO5S. The number of nitrogens with zero attached hydrogens (tertiary/aromatic N) is 1. The molecule has 0 fully saturated rings. The second-order valence-corrected chi connectivity index (χ2v) is 7.40. The van der Waals surface area contributed by atoms with Gasteiger partial charge in [0.2, 0.25) is 0 Å². The molecule has 0 saturated carbocycles. The number of ether oxygens (including phenoxy) is 2. The summed E-state index contributed by atoms with van der Waals surface area (Å²) in [7, 11) is -1.41. The third-order valence-corrected chi connectivity index (χ3v) is 4.86. The Balaban J connectivity index is 3.18. The van der Waals surface area contributed by atoms with Crippen molar-refractivity contribution in [3.8, 4) is 5.75 Å². The molecule has 132 valence electrons. The first-order chi connectivity index (χ1) is 11.3. The summed E-state index contributed by atoms with van der Waals surface area (Å²) in [6.07, 6.45) is 5.86. The van der Waals surface area contributed by atoms with Crippen LogP contribution < -0.4 is 4.74 Å². The van der Waals surface area contributed by atoms with Gasteiger partial charge in [0.25, 0.3) is 5.91 Å². The lowest BCUT2D eigenvalue weighted by Crippen LogP contribution is -2.04. The standard InChI is InChI=1S/C17H23NO5S/c1-5-6-11-23-17(20)10-7-14-12-15(22-3)8-9-16(14)24(4,21)18-13(2)19/h7-10,12H,5-6,11H2,1-4H3/b10-7+. The van der Waals surface area contributed by atoms with Crippen LogP contribution in [-0.4, -0.2) is 36.1 Å². The largest absolute Gasteiger partial charge is 0.497 e. The summed E-state index contributed by atoms with van der Waals surface area (Å²) >= 11 is 0. The van der Waals surface area contributed by atoms with E-state index in [1.54, 1.807) is 18.2 Å². The molecule has 0 heterocycles. The maximum atomic E-state index is 12.7. The lowest BCUT2D eigenvalue weighted by molar-refractivity contribution is -0.137. The van der Waals surface area contributed by atoms with Crippen molar-refractivity contribution in [2.24, 2.45) is 4.36 Å². The van der Waals surface area contributed by atoms with E-state index in [0.29, 0.717) is 22.8 Å². The zero-order chi connectivity index (χ0) is 18.2. The Kier molecular flexibility index (Phi) is 7.64. The van der Waals surface area contributed by atoms with E-state index < -0.39 is 21.6 Å². The second kappa shape index (κ2) is 9.22. The summed E-state index contributed by atoms with van der Waals surface area (Å²) in [6.45, 7) is 3.60. The van der Waals surface area contributed by atoms with Crippen molar-refractivity contribution in [2.45, 2.75) is 31.6 Å². The van der Waals surface area contributed by atoms with Crippen LogP contribution in [0.4, 0.5) is 0 Å². The first-order valence-corrected chi connectivity index (χ1v) is 9.48. The molecule has 1 aromatic carbocycles. The van der Waals surface area contributed by atoms with Gasteiger partial charge in [-0.3, -0.25) is 4.79 Å². The third-order valence-electron chi connectivity index (χ3n) is 3.07. The van der Waals surface area contributed by atoms with Gasteiger partial charge in [-0.05, 0) is 36.3 Å². The molecule has 24 heavy (non-hydrogen) atoms. The molecule has 0 aliphatic carbocycles. The lowest BCUT2D eigenvalue weighted by atomic mass is 10.2. The van der Waals surface area contributed by atoms with E-state index >= 15 is 0 Å². The van der Waals surface area contributed by atoms with Gasteiger partial charge in [0.15, 0.2) is 0 Å². The monoisotopic (exact) mass is 353 g/mol. The Hall–Kier alpha value is -2.15. The second-order valence-electron chi connectivity index (χ2n) is 5.17. The zero-order valence-electron chi connectivity index (χ0n) is 14.4. The normalized spacial score (nSPS) is 13.3. The Morgan fingerprint density at radius 3 is 2.62 bits per heavy atom. The molecule has 0 N–H and O–H groups in total. The number of carbonyl (C=O) groups excluding carboxylic acids is 2. The molecule has 0 aliphatic heterocycles. The summed E-state index contributed by atoms with van der Waals surface area (Å²) in [4.78, 5) is 23.3. The van der Waals surface area contributed by atoms with E-state index in [0.717, 1.165) is 12.8 Å². The Morgan fingerprint density at radius 2 is 2.04 bits per heavy atom. The molecule has 0 radical (unpaired) electrons. The summed E-state index contributed by atoms with van der Waals surface area (Å²) in [5, 5.41) is 0. The van der Waals surface area contributed by atoms with E-state index in [9.17, 15) is 13.8 Å². The maximum Gasteiger partial charge on any atom is 0.330 e. The summed E-state index contributed by atoms with van der Waals surface area (Å²) in [6, 6.07) is 4.84. The highest BCUT2D eigenvalue weighted by molar-refractivity contribution is 7.93. The number of unbranched alkanes of at least 4 members (excludes halogenated alkanes) is 1. The van der Waals surface area contributed by atoms with Gasteiger partial charge in [-0.2, -0.15) is 4.36 Å². The molecule has 1 unspecified atom stereocenters. The molecule has 1 amide bonds. The summed E-state index contributed by atoms with van der Waals surface area (Å²) in [5.74, 6) is -0.466. The van der Waals surface area contributed by atoms with Crippen LogP contribution >= 0.6 is 0 Å². The van der Waals surface area contributed by atoms with Gasteiger partial charge in [-0.25, -0.2) is 9.00 Å². The Morgan fingerprint density at radius 1 is 1.33 bits per heavy atom. The Labute approximate surface area is 143 Å². The van der Waals surface area contributed by atoms with Crippen molar-refractivity contribution in [3.05, 3.63) is 29.8 Å². The number of rotatable bonds is 7. The predicted octanol–water partition coefficient (Wildman–Crippen LogP) is 3.05. The first-order valence-electron chi connectivity index (χ1n) is 7.55. The van der Waals surface area contributed by atoms with Crippen LogP contribution in [0.2, 0.25) is 0 Å². The minimum absolute atomic E-state index is 0.356. The smallest absolute Gasteiger partial charge is 0.330 e. The number of hydrogen-bond acceptors (Lipinski definition) is 5. The predicted molar refractivity (Wildman–Crippen MR) is 93.3 cm³/mol. The summed E-state index contributed by atoms with van der Waals surface area (Å²) in [5.41, 5.74) is 0.485. The van der Waals surface area contributed by atoms with E-state index in [4.69, 9.17) is 9.47 Å². The molecule has 6 nitrogen and oxygen atoms in total.